The number of allylic oxidation sites excluding steroid dienone is 2. The molecule has 0 N–H and O–H groups in total. The number of sulfonamides is 1. The average molecular weight is 438 g/mol. The number of rotatable bonds is 4. The zero-order valence-corrected chi connectivity index (χ0v) is 17.5. The van der Waals surface area contributed by atoms with Gasteiger partial charge in [0, 0.05) is 16.0 Å². The van der Waals surface area contributed by atoms with Crippen LogP contribution >= 0.6 is 11.8 Å². The lowest BCUT2D eigenvalue weighted by molar-refractivity contribution is 0.104. The minimum atomic E-state index is -4.08. The standard InChI is InChI=1S/C23H16FNO3S2/c1-15-6-10-17(11-7-15)29-22-14-21(19-4-2-3-5-20(19)23(22)26)25-30(27,28)18-12-8-16(24)9-13-18/h2-14H,1H3/b25-21-. The summed E-state index contributed by atoms with van der Waals surface area (Å²) >= 11 is 1.26. The average Bonchev–Trinajstić information content (AvgIpc) is 2.73. The largest absolute Gasteiger partial charge is 0.288 e. The monoisotopic (exact) mass is 437 g/mol. The zero-order valence-electron chi connectivity index (χ0n) is 15.9. The molecule has 3 aromatic carbocycles. The summed E-state index contributed by atoms with van der Waals surface area (Å²) < 4.78 is 42.7. The molecule has 0 amide bonds. The molecule has 1 aliphatic rings. The van der Waals surface area contributed by atoms with Crippen molar-refractivity contribution in [3.63, 3.8) is 0 Å². The quantitative estimate of drug-likeness (QED) is 0.564. The fourth-order valence-electron chi connectivity index (χ4n) is 2.98. The molecule has 7 heteroatoms. The Morgan fingerprint density at radius 2 is 1.50 bits per heavy atom. The third-order valence-electron chi connectivity index (χ3n) is 4.52. The maximum Gasteiger partial charge on any atom is 0.282 e. The van der Waals surface area contributed by atoms with Gasteiger partial charge in [0.2, 0.25) is 0 Å². The molecule has 1 aliphatic carbocycles. The van der Waals surface area contributed by atoms with Crippen molar-refractivity contribution in [1.82, 2.24) is 0 Å². The Balaban J connectivity index is 1.80. The second kappa shape index (κ2) is 8.01. The van der Waals surface area contributed by atoms with E-state index in [-0.39, 0.29) is 16.4 Å². The van der Waals surface area contributed by atoms with Crippen LogP contribution in [0.1, 0.15) is 21.5 Å². The first-order chi connectivity index (χ1) is 14.3. The number of aryl methyl sites for hydroxylation is 1. The van der Waals surface area contributed by atoms with Crippen LogP contribution in [0.3, 0.4) is 0 Å². The van der Waals surface area contributed by atoms with Crippen LogP contribution in [0, 0.1) is 12.7 Å². The van der Waals surface area contributed by atoms with Crippen molar-refractivity contribution in [2.75, 3.05) is 0 Å². The van der Waals surface area contributed by atoms with Gasteiger partial charge in [0.1, 0.15) is 5.82 Å². The third-order valence-corrected chi connectivity index (χ3v) is 6.85. The summed E-state index contributed by atoms with van der Waals surface area (Å²) in [6.07, 6.45) is 1.50. The van der Waals surface area contributed by atoms with Crippen LogP contribution in [0.25, 0.3) is 0 Å². The van der Waals surface area contributed by atoms with Gasteiger partial charge < -0.3 is 0 Å². The second-order valence-electron chi connectivity index (χ2n) is 6.70. The molecule has 0 saturated heterocycles. The summed E-state index contributed by atoms with van der Waals surface area (Å²) in [6.45, 7) is 1.97. The Morgan fingerprint density at radius 1 is 0.867 bits per heavy atom. The molecule has 150 valence electrons. The number of Topliss-reactive ketones (excluding diaryl/α,β-unsaturated/α-hetero) is 1. The first-order valence-corrected chi connectivity index (χ1v) is 11.3. The van der Waals surface area contributed by atoms with Crippen LogP contribution in [0.5, 0.6) is 0 Å². The number of thioether (sulfide) groups is 1. The van der Waals surface area contributed by atoms with E-state index >= 15 is 0 Å². The molecule has 4 nitrogen and oxygen atoms in total. The van der Waals surface area contributed by atoms with Crippen LogP contribution in [0.15, 0.2) is 98.0 Å². The fourth-order valence-corrected chi connectivity index (χ4v) is 4.87. The molecule has 4 rings (SSSR count). The molecule has 0 fully saturated rings. The highest BCUT2D eigenvalue weighted by Crippen LogP contribution is 2.34. The van der Waals surface area contributed by atoms with Crippen molar-refractivity contribution in [3.05, 3.63) is 106 Å². The Bertz CT molecular complexity index is 1290. The summed E-state index contributed by atoms with van der Waals surface area (Å²) in [5, 5.41) is 0. The molecule has 0 spiro atoms. The van der Waals surface area contributed by atoms with Gasteiger partial charge in [-0.2, -0.15) is 12.8 Å². The van der Waals surface area contributed by atoms with E-state index < -0.39 is 15.8 Å². The highest BCUT2D eigenvalue weighted by molar-refractivity contribution is 8.04. The van der Waals surface area contributed by atoms with E-state index in [1.54, 1.807) is 24.3 Å². The SMILES string of the molecule is Cc1ccc(SC2=C/C(=N/S(=O)(=O)c3ccc(F)cc3)c3ccccc3C2=O)cc1. The van der Waals surface area contributed by atoms with E-state index in [1.807, 2.05) is 31.2 Å². The molecule has 0 atom stereocenters. The lowest BCUT2D eigenvalue weighted by atomic mass is 9.94. The molecular formula is C23H16FNO3S2. The molecule has 30 heavy (non-hydrogen) atoms. The van der Waals surface area contributed by atoms with Gasteiger partial charge in [0.25, 0.3) is 10.0 Å². The number of nitrogens with zero attached hydrogens (tertiary/aromatic N) is 1. The number of benzene rings is 3. The number of fused-ring (bicyclic) bond motifs is 1. The summed E-state index contributed by atoms with van der Waals surface area (Å²) in [4.78, 5) is 14.1. The predicted octanol–water partition coefficient (Wildman–Crippen LogP) is 5.18. The lowest BCUT2D eigenvalue weighted by Crippen LogP contribution is -2.17. The van der Waals surface area contributed by atoms with Crippen LogP contribution in [-0.4, -0.2) is 19.9 Å². The summed E-state index contributed by atoms with van der Waals surface area (Å²) in [7, 11) is -4.08. The predicted molar refractivity (Wildman–Crippen MR) is 116 cm³/mol. The minimum absolute atomic E-state index is 0.119. The summed E-state index contributed by atoms with van der Waals surface area (Å²) in [5.74, 6) is -0.721. The van der Waals surface area contributed by atoms with Gasteiger partial charge in [-0.05, 0) is 49.4 Å². The van der Waals surface area contributed by atoms with Gasteiger partial charge in [-0.3, -0.25) is 4.79 Å². The van der Waals surface area contributed by atoms with Crippen LogP contribution in [0.2, 0.25) is 0 Å². The second-order valence-corrected chi connectivity index (χ2v) is 9.42. The van der Waals surface area contributed by atoms with Crippen LogP contribution in [-0.2, 0) is 10.0 Å². The van der Waals surface area contributed by atoms with E-state index in [0.717, 1.165) is 22.6 Å². The number of carbonyl (C=O) groups is 1. The van der Waals surface area contributed by atoms with E-state index in [9.17, 15) is 17.6 Å². The van der Waals surface area contributed by atoms with Crippen LogP contribution in [0.4, 0.5) is 4.39 Å². The molecular weight excluding hydrogens is 421 g/mol. The topological polar surface area (TPSA) is 63.6 Å². The number of hydrogen-bond acceptors (Lipinski definition) is 4. The third kappa shape index (κ3) is 4.13. The van der Waals surface area contributed by atoms with Crippen molar-refractivity contribution in [1.29, 1.82) is 0 Å². The van der Waals surface area contributed by atoms with Gasteiger partial charge in [-0.1, -0.05) is 53.7 Å². The van der Waals surface area contributed by atoms with Crippen molar-refractivity contribution < 1.29 is 17.6 Å². The van der Waals surface area contributed by atoms with Gasteiger partial charge in [0.05, 0.1) is 15.5 Å². The van der Waals surface area contributed by atoms with Gasteiger partial charge in [0.15, 0.2) is 5.78 Å². The van der Waals surface area contributed by atoms with Crippen molar-refractivity contribution in [2.24, 2.45) is 4.40 Å². The maximum atomic E-state index is 13.2. The van der Waals surface area contributed by atoms with Crippen molar-refractivity contribution in [3.8, 4) is 0 Å². The molecule has 0 unspecified atom stereocenters. The van der Waals surface area contributed by atoms with E-state index in [1.165, 1.54) is 30.0 Å². The Hall–Kier alpha value is -3.03. The first kappa shape index (κ1) is 20.3. The fraction of sp³-hybridized carbons (Fsp3) is 0.0435. The summed E-state index contributed by atoms with van der Waals surface area (Å²) in [5.41, 5.74) is 2.11. The maximum absolute atomic E-state index is 13.2. The van der Waals surface area contributed by atoms with Gasteiger partial charge in [-0.15, -0.1) is 0 Å². The zero-order chi connectivity index (χ0) is 21.3. The molecule has 0 radical (unpaired) electrons. The first-order valence-electron chi connectivity index (χ1n) is 9.04. The highest BCUT2D eigenvalue weighted by Gasteiger charge is 2.26. The van der Waals surface area contributed by atoms with Crippen molar-refractivity contribution in [2.45, 2.75) is 16.7 Å². The number of carbonyl (C=O) groups excluding carboxylic acids is 1. The van der Waals surface area contributed by atoms with Gasteiger partial charge >= 0.3 is 0 Å². The smallest absolute Gasteiger partial charge is 0.282 e. The molecule has 0 aliphatic heterocycles. The molecule has 0 saturated carbocycles. The highest BCUT2D eigenvalue weighted by atomic mass is 32.2. The summed E-state index contributed by atoms with van der Waals surface area (Å²) in [6, 6.07) is 18.9. The number of ketones is 1. The molecule has 0 bridgehead atoms. The van der Waals surface area contributed by atoms with Gasteiger partial charge in [-0.25, -0.2) is 4.39 Å². The van der Waals surface area contributed by atoms with E-state index in [4.69, 9.17) is 0 Å². The van der Waals surface area contributed by atoms with Crippen molar-refractivity contribution >= 4 is 33.3 Å². The lowest BCUT2D eigenvalue weighted by Gasteiger charge is -2.17. The molecule has 0 aromatic heterocycles. The normalized spacial score (nSPS) is 15.1. The van der Waals surface area contributed by atoms with Crippen LogP contribution < -0.4 is 0 Å². The van der Waals surface area contributed by atoms with E-state index in [2.05, 4.69) is 4.40 Å². The Labute approximate surface area is 178 Å². The minimum Gasteiger partial charge on any atom is -0.288 e. The molecule has 3 aromatic rings. The Kier molecular flexibility index (Phi) is 5.40. The number of hydrogen-bond donors (Lipinski definition) is 0. The Morgan fingerprint density at radius 3 is 2.17 bits per heavy atom. The number of halogens is 1. The molecule has 0 heterocycles. The van der Waals surface area contributed by atoms with E-state index in [0.29, 0.717) is 16.0 Å².